The lowest BCUT2D eigenvalue weighted by atomic mass is 10.00. The van der Waals surface area contributed by atoms with Gasteiger partial charge in [-0.15, -0.1) is 10.2 Å². The molecule has 1 aliphatic rings. The van der Waals surface area contributed by atoms with Crippen LogP contribution in [0.5, 0.6) is 0 Å². The zero-order valence-electron chi connectivity index (χ0n) is 14.4. The Labute approximate surface area is 160 Å². The molecule has 1 fully saturated rings. The molecule has 2 aromatic carbocycles. The van der Waals surface area contributed by atoms with Crippen LogP contribution in [0.4, 0.5) is 5.13 Å². The summed E-state index contributed by atoms with van der Waals surface area (Å²) in [6, 6.07) is 14.9. The summed E-state index contributed by atoms with van der Waals surface area (Å²) in [5, 5.41) is 17.9. The van der Waals surface area contributed by atoms with Gasteiger partial charge in [0.15, 0.2) is 4.34 Å². The number of carbonyl (C=O) groups excluding carboxylic acids is 1. The maximum atomic E-state index is 12.3. The Morgan fingerprint density at radius 3 is 2.88 bits per heavy atom. The molecule has 0 bridgehead atoms. The second kappa shape index (κ2) is 7.63. The van der Waals surface area contributed by atoms with Crippen molar-refractivity contribution in [3.05, 3.63) is 48.0 Å². The minimum atomic E-state index is -0.0456. The van der Waals surface area contributed by atoms with Crippen LogP contribution in [0.15, 0.2) is 46.8 Å². The van der Waals surface area contributed by atoms with Crippen LogP contribution in [0.1, 0.15) is 31.4 Å². The van der Waals surface area contributed by atoms with E-state index in [2.05, 4.69) is 45.1 Å². The lowest BCUT2D eigenvalue weighted by Gasteiger charge is -2.16. The molecule has 1 aromatic heterocycles. The second-order valence-corrected chi connectivity index (χ2v) is 8.64. The molecular formula is C19H20N4OS2. The zero-order valence-corrected chi connectivity index (χ0v) is 16.1. The molecule has 3 aromatic rings. The van der Waals surface area contributed by atoms with Gasteiger partial charge in [0, 0.05) is 6.04 Å². The Balaban J connectivity index is 1.34. The average molecular weight is 385 g/mol. The van der Waals surface area contributed by atoms with E-state index in [0.29, 0.717) is 11.8 Å². The van der Waals surface area contributed by atoms with E-state index in [1.165, 1.54) is 46.7 Å². The van der Waals surface area contributed by atoms with Gasteiger partial charge in [0.1, 0.15) is 0 Å². The SMILES string of the molecule is C[C@@H](NC(=O)CSc1nnc(NC2CC2)s1)c1cccc2ccccc12. The van der Waals surface area contributed by atoms with Crippen LogP contribution in [0, 0.1) is 0 Å². The van der Waals surface area contributed by atoms with E-state index in [4.69, 9.17) is 0 Å². The van der Waals surface area contributed by atoms with Gasteiger partial charge in [-0.25, -0.2) is 0 Å². The van der Waals surface area contributed by atoms with E-state index in [1.54, 1.807) is 0 Å². The Bertz CT molecular complexity index is 917. The minimum absolute atomic E-state index is 0.00216. The minimum Gasteiger partial charge on any atom is -0.357 e. The molecule has 0 unspecified atom stereocenters. The highest BCUT2D eigenvalue weighted by molar-refractivity contribution is 8.01. The third kappa shape index (κ3) is 4.16. The van der Waals surface area contributed by atoms with E-state index in [9.17, 15) is 4.79 Å². The van der Waals surface area contributed by atoms with Crippen molar-refractivity contribution in [3.63, 3.8) is 0 Å². The van der Waals surface area contributed by atoms with Gasteiger partial charge in [0.2, 0.25) is 11.0 Å². The predicted molar refractivity (Wildman–Crippen MR) is 108 cm³/mol. The van der Waals surface area contributed by atoms with Gasteiger partial charge in [-0.1, -0.05) is 65.6 Å². The number of carbonyl (C=O) groups is 1. The lowest BCUT2D eigenvalue weighted by molar-refractivity contribution is -0.119. The number of aromatic nitrogens is 2. The van der Waals surface area contributed by atoms with Gasteiger partial charge in [-0.3, -0.25) is 4.79 Å². The molecular weight excluding hydrogens is 364 g/mol. The monoisotopic (exact) mass is 384 g/mol. The number of nitrogens with one attached hydrogen (secondary N) is 2. The Morgan fingerprint density at radius 1 is 1.23 bits per heavy atom. The number of rotatable bonds is 7. The van der Waals surface area contributed by atoms with Crippen molar-refractivity contribution in [1.29, 1.82) is 0 Å². The first-order valence-electron chi connectivity index (χ1n) is 8.69. The fourth-order valence-electron chi connectivity index (χ4n) is 2.84. The molecule has 0 aliphatic heterocycles. The van der Waals surface area contributed by atoms with Crippen molar-refractivity contribution in [3.8, 4) is 0 Å². The van der Waals surface area contributed by atoms with E-state index >= 15 is 0 Å². The number of hydrogen-bond acceptors (Lipinski definition) is 6. The van der Waals surface area contributed by atoms with Crippen LogP contribution >= 0.6 is 23.1 Å². The Kier molecular flexibility index (Phi) is 5.08. The van der Waals surface area contributed by atoms with Crippen molar-refractivity contribution in [1.82, 2.24) is 15.5 Å². The summed E-state index contributed by atoms with van der Waals surface area (Å²) < 4.78 is 0.820. The fraction of sp³-hybridized carbons (Fsp3) is 0.316. The third-order valence-electron chi connectivity index (χ3n) is 4.31. The van der Waals surface area contributed by atoms with Gasteiger partial charge >= 0.3 is 0 Å². The van der Waals surface area contributed by atoms with Crippen LogP contribution in [0.25, 0.3) is 10.8 Å². The highest BCUT2D eigenvalue weighted by Gasteiger charge is 2.22. The average Bonchev–Trinajstić information content (AvgIpc) is 3.35. The standard InChI is InChI=1S/C19H20N4OS2/c1-12(15-8-4-6-13-5-2-3-7-16(13)15)20-17(24)11-25-19-23-22-18(26-19)21-14-9-10-14/h2-8,12,14H,9-11H2,1H3,(H,20,24)(H,21,22)/t12-/m1/s1. The van der Waals surface area contributed by atoms with Gasteiger partial charge in [0.05, 0.1) is 11.8 Å². The summed E-state index contributed by atoms with van der Waals surface area (Å²) in [6.45, 7) is 2.02. The van der Waals surface area contributed by atoms with Gasteiger partial charge in [-0.05, 0) is 36.1 Å². The molecule has 0 radical (unpaired) electrons. The first-order valence-corrected chi connectivity index (χ1v) is 10.5. The molecule has 1 aliphatic carbocycles. The van der Waals surface area contributed by atoms with Crippen LogP contribution in [-0.2, 0) is 4.79 Å². The van der Waals surface area contributed by atoms with Crippen LogP contribution < -0.4 is 10.6 Å². The summed E-state index contributed by atoms with van der Waals surface area (Å²) in [6.07, 6.45) is 2.41. The Morgan fingerprint density at radius 2 is 2.04 bits per heavy atom. The molecule has 0 saturated heterocycles. The zero-order chi connectivity index (χ0) is 17.9. The molecule has 5 nitrogen and oxygen atoms in total. The maximum absolute atomic E-state index is 12.3. The number of benzene rings is 2. The van der Waals surface area contributed by atoms with Crippen molar-refractivity contribution in [2.45, 2.75) is 36.2 Å². The molecule has 26 heavy (non-hydrogen) atoms. The van der Waals surface area contributed by atoms with Gasteiger partial charge in [-0.2, -0.15) is 0 Å². The highest BCUT2D eigenvalue weighted by atomic mass is 32.2. The van der Waals surface area contributed by atoms with Crippen LogP contribution in [0.2, 0.25) is 0 Å². The normalized spacial score (nSPS) is 15.0. The van der Waals surface area contributed by atoms with Crippen molar-refractivity contribution < 1.29 is 4.79 Å². The molecule has 1 heterocycles. The molecule has 1 amide bonds. The topological polar surface area (TPSA) is 66.9 Å². The fourth-order valence-corrected chi connectivity index (χ4v) is 4.48. The molecule has 7 heteroatoms. The smallest absolute Gasteiger partial charge is 0.230 e. The van der Waals surface area contributed by atoms with Crippen molar-refractivity contribution in [2.24, 2.45) is 0 Å². The largest absolute Gasteiger partial charge is 0.357 e. The van der Waals surface area contributed by atoms with E-state index in [0.717, 1.165) is 15.0 Å². The predicted octanol–water partition coefficient (Wildman–Crippen LogP) is 4.24. The number of nitrogens with zero attached hydrogens (tertiary/aromatic N) is 2. The van der Waals surface area contributed by atoms with Crippen molar-refractivity contribution in [2.75, 3.05) is 11.1 Å². The van der Waals surface area contributed by atoms with E-state index < -0.39 is 0 Å². The molecule has 0 spiro atoms. The van der Waals surface area contributed by atoms with Gasteiger partial charge in [0.25, 0.3) is 0 Å². The summed E-state index contributed by atoms with van der Waals surface area (Å²) in [4.78, 5) is 12.3. The molecule has 1 atom stereocenters. The molecule has 4 rings (SSSR count). The van der Waals surface area contributed by atoms with Gasteiger partial charge < -0.3 is 10.6 Å². The Hall–Kier alpha value is -2.12. The van der Waals surface area contributed by atoms with Crippen LogP contribution in [-0.4, -0.2) is 27.9 Å². The quantitative estimate of drug-likeness (QED) is 0.597. The second-order valence-electron chi connectivity index (χ2n) is 6.44. The molecule has 134 valence electrons. The molecule has 1 saturated carbocycles. The lowest BCUT2D eigenvalue weighted by Crippen LogP contribution is -2.28. The number of amides is 1. The number of anilines is 1. The first-order chi connectivity index (χ1) is 12.7. The maximum Gasteiger partial charge on any atom is 0.230 e. The highest BCUT2D eigenvalue weighted by Crippen LogP contribution is 2.30. The van der Waals surface area contributed by atoms with Crippen LogP contribution in [0.3, 0.4) is 0 Å². The third-order valence-corrected chi connectivity index (χ3v) is 6.29. The van der Waals surface area contributed by atoms with E-state index in [-0.39, 0.29) is 11.9 Å². The summed E-state index contributed by atoms with van der Waals surface area (Å²) in [5.41, 5.74) is 1.13. The number of thioether (sulfide) groups is 1. The summed E-state index contributed by atoms with van der Waals surface area (Å²) in [5.74, 6) is 0.343. The summed E-state index contributed by atoms with van der Waals surface area (Å²) in [7, 11) is 0. The molecule has 2 N–H and O–H groups in total. The van der Waals surface area contributed by atoms with E-state index in [1.807, 2.05) is 25.1 Å². The van der Waals surface area contributed by atoms with Crippen molar-refractivity contribution >= 4 is 44.9 Å². The first kappa shape index (κ1) is 17.3. The summed E-state index contributed by atoms with van der Waals surface area (Å²) >= 11 is 2.94. The number of hydrogen-bond donors (Lipinski definition) is 2. The number of fused-ring (bicyclic) bond motifs is 1.